The van der Waals surface area contributed by atoms with Crippen molar-refractivity contribution in [2.45, 2.75) is 10.3 Å². The van der Waals surface area contributed by atoms with E-state index in [-0.39, 0.29) is 5.02 Å². The first-order chi connectivity index (χ1) is 7.35. The van der Waals surface area contributed by atoms with Gasteiger partial charge in [-0.25, -0.2) is 4.39 Å². The van der Waals surface area contributed by atoms with Gasteiger partial charge >= 0.3 is 5.97 Å². The van der Waals surface area contributed by atoms with Gasteiger partial charge in [0.25, 0.3) is 0 Å². The molecule has 2 atom stereocenters. The van der Waals surface area contributed by atoms with Gasteiger partial charge in [0.05, 0.1) is 10.9 Å². The van der Waals surface area contributed by atoms with Gasteiger partial charge in [0.1, 0.15) is 10.2 Å². The Morgan fingerprint density at radius 3 is 2.50 bits per heavy atom. The normalized spacial score (nSPS) is 26.5. The van der Waals surface area contributed by atoms with Gasteiger partial charge in [-0.05, 0) is 17.7 Å². The minimum absolute atomic E-state index is 0.0222. The van der Waals surface area contributed by atoms with E-state index in [0.717, 1.165) is 6.07 Å². The van der Waals surface area contributed by atoms with Crippen LogP contribution in [-0.4, -0.2) is 15.4 Å². The molecule has 1 fully saturated rings. The fraction of sp³-hybridized carbons (Fsp3) is 0.300. The molecule has 0 unspecified atom stereocenters. The number of hydrogen-bond acceptors (Lipinski definition) is 1. The summed E-state index contributed by atoms with van der Waals surface area (Å²) in [6.07, 6.45) is 0. The number of carboxylic acids is 1. The van der Waals surface area contributed by atoms with Crippen molar-refractivity contribution < 1.29 is 14.3 Å². The Balaban J connectivity index is 2.33. The van der Waals surface area contributed by atoms with Crippen molar-refractivity contribution >= 4 is 40.8 Å². The molecule has 0 aliphatic heterocycles. The first-order valence-electron chi connectivity index (χ1n) is 4.41. The van der Waals surface area contributed by atoms with Crippen LogP contribution < -0.4 is 0 Å². The second-order valence-corrected chi connectivity index (χ2v) is 5.49. The summed E-state index contributed by atoms with van der Waals surface area (Å²) >= 11 is 17.2. The molecule has 86 valence electrons. The quantitative estimate of drug-likeness (QED) is 0.844. The minimum Gasteiger partial charge on any atom is -0.481 e. The number of hydrogen-bond donors (Lipinski definition) is 1. The number of alkyl halides is 2. The maximum Gasteiger partial charge on any atom is 0.310 e. The SMILES string of the molecule is O=C(O)[C@H]1[C@H](c2ccc(Cl)c(F)c2)C1(Cl)Cl. The highest BCUT2D eigenvalue weighted by Crippen LogP contribution is 2.65. The van der Waals surface area contributed by atoms with Gasteiger partial charge in [-0.15, -0.1) is 0 Å². The van der Waals surface area contributed by atoms with Crippen molar-refractivity contribution in [1.29, 1.82) is 0 Å². The lowest BCUT2D eigenvalue weighted by molar-refractivity contribution is -0.138. The molecule has 0 amide bonds. The minimum atomic E-state index is -1.37. The second-order valence-electron chi connectivity index (χ2n) is 3.64. The van der Waals surface area contributed by atoms with Crippen molar-refractivity contribution in [1.82, 2.24) is 0 Å². The molecule has 0 aromatic heterocycles. The summed E-state index contributed by atoms with van der Waals surface area (Å²) in [7, 11) is 0. The van der Waals surface area contributed by atoms with Gasteiger partial charge in [0, 0.05) is 5.92 Å². The molecule has 0 heterocycles. The van der Waals surface area contributed by atoms with Crippen LogP contribution in [0.2, 0.25) is 5.02 Å². The highest BCUT2D eigenvalue weighted by molar-refractivity contribution is 6.53. The topological polar surface area (TPSA) is 37.3 Å². The Labute approximate surface area is 106 Å². The molecule has 1 N–H and O–H groups in total. The fourth-order valence-electron chi connectivity index (χ4n) is 1.75. The molecule has 1 aromatic carbocycles. The second kappa shape index (κ2) is 3.76. The highest BCUT2D eigenvalue weighted by atomic mass is 35.5. The predicted molar refractivity (Wildman–Crippen MR) is 59.7 cm³/mol. The highest BCUT2D eigenvalue weighted by Gasteiger charge is 2.68. The van der Waals surface area contributed by atoms with Crippen molar-refractivity contribution in [2.24, 2.45) is 5.92 Å². The van der Waals surface area contributed by atoms with Crippen LogP contribution in [-0.2, 0) is 4.79 Å². The average molecular weight is 284 g/mol. The summed E-state index contributed by atoms with van der Waals surface area (Å²) in [6.45, 7) is 0. The molecular formula is C10H6Cl3FO2. The van der Waals surface area contributed by atoms with E-state index >= 15 is 0 Å². The zero-order valence-electron chi connectivity index (χ0n) is 7.75. The lowest BCUT2D eigenvalue weighted by Gasteiger charge is -2.01. The first-order valence-corrected chi connectivity index (χ1v) is 5.54. The van der Waals surface area contributed by atoms with Gasteiger partial charge in [-0.2, -0.15) is 0 Å². The molecule has 1 aliphatic carbocycles. The Bertz CT molecular complexity index is 461. The average Bonchev–Trinajstić information content (AvgIpc) is 2.74. The van der Waals surface area contributed by atoms with Crippen molar-refractivity contribution in [2.75, 3.05) is 0 Å². The van der Waals surface area contributed by atoms with Crippen LogP contribution in [0.1, 0.15) is 11.5 Å². The molecule has 6 heteroatoms. The monoisotopic (exact) mass is 282 g/mol. The number of rotatable bonds is 2. The predicted octanol–water partition coefficient (Wildman–Crippen LogP) is 3.45. The Kier molecular flexibility index (Phi) is 2.81. The van der Waals surface area contributed by atoms with E-state index in [9.17, 15) is 9.18 Å². The van der Waals surface area contributed by atoms with Crippen LogP contribution in [0.4, 0.5) is 4.39 Å². The van der Waals surface area contributed by atoms with Gasteiger partial charge in [-0.3, -0.25) is 4.79 Å². The van der Waals surface area contributed by atoms with E-state index in [0.29, 0.717) is 5.56 Å². The van der Waals surface area contributed by atoms with Gasteiger partial charge in [-0.1, -0.05) is 40.9 Å². The van der Waals surface area contributed by atoms with Crippen LogP contribution in [0, 0.1) is 11.7 Å². The standard InChI is InChI=1S/C10H6Cl3FO2/c11-5-2-1-4(3-6(5)14)7-8(9(15)16)10(7,12)13/h1-3,7-8H,(H,15,16)/t7-,8+/m0/s1. The third-order valence-electron chi connectivity index (χ3n) is 2.62. The third kappa shape index (κ3) is 1.77. The molecular weight excluding hydrogens is 277 g/mol. The van der Waals surface area contributed by atoms with E-state index in [1.807, 2.05) is 0 Å². The summed E-state index contributed by atoms with van der Waals surface area (Å²) in [4.78, 5) is 10.8. The molecule has 2 rings (SSSR count). The van der Waals surface area contributed by atoms with E-state index in [2.05, 4.69) is 0 Å². The van der Waals surface area contributed by atoms with Crippen LogP contribution in [0.3, 0.4) is 0 Å². The van der Waals surface area contributed by atoms with Crippen molar-refractivity contribution in [3.63, 3.8) is 0 Å². The maximum absolute atomic E-state index is 13.2. The summed E-state index contributed by atoms with van der Waals surface area (Å²) < 4.78 is 11.8. The Morgan fingerprint density at radius 1 is 1.44 bits per heavy atom. The number of carboxylic acid groups (broad SMARTS) is 1. The van der Waals surface area contributed by atoms with E-state index in [4.69, 9.17) is 39.9 Å². The summed E-state index contributed by atoms with van der Waals surface area (Å²) in [6, 6.07) is 4.04. The van der Waals surface area contributed by atoms with Gasteiger partial charge in [0.2, 0.25) is 0 Å². The smallest absolute Gasteiger partial charge is 0.310 e. The molecule has 0 radical (unpaired) electrons. The molecule has 0 spiro atoms. The van der Waals surface area contributed by atoms with E-state index < -0.39 is 28.0 Å². The third-order valence-corrected chi connectivity index (χ3v) is 3.87. The largest absolute Gasteiger partial charge is 0.481 e. The van der Waals surface area contributed by atoms with E-state index in [1.165, 1.54) is 12.1 Å². The zero-order chi connectivity index (χ0) is 12.1. The van der Waals surface area contributed by atoms with Crippen LogP contribution in [0.15, 0.2) is 18.2 Å². The summed E-state index contributed by atoms with van der Waals surface area (Å²) in [5, 5.41) is 8.83. The number of aliphatic carboxylic acids is 1. The van der Waals surface area contributed by atoms with E-state index in [1.54, 1.807) is 0 Å². The van der Waals surface area contributed by atoms with Crippen molar-refractivity contribution in [3.8, 4) is 0 Å². The first kappa shape index (κ1) is 12.0. The molecule has 1 aromatic rings. The van der Waals surface area contributed by atoms with Crippen molar-refractivity contribution in [3.05, 3.63) is 34.6 Å². The lowest BCUT2D eigenvalue weighted by Crippen LogP contribution is -2.03. The van der Waals surface area contributed by atoms with Gasteiger partial charge < -0.3 is 5.11 Å². The molecule has 0 bridgehead atoms. The Hall–Kier alpha value is -0.510. The maximum atomic E-state index is 13.2. The summed E-state index contributed by atoms with van der Waals surface area (Å²) in [5.41, 5.74) is 0.444. The van der Waals surface area contributed by atoms with Crippen LogP contribution in [0.25, 0.3) is 0 Å². The molecule has 16 heavy (non-hydrogen) atoms. The number of benzene rings is 1. The lowest BCUT2D eigenvalue weighted by atomic mass is 10.1. The zero-order valence-corrected chi connectivity index (χ0v) is 10.0. The summed E-state index contributed by atoms with van der Waals surface area (Å²) in [5.74, 6) is -3.21. The fourth-order valence-corrected chi connectivity index (χ4v) is 2.69. The number of halogens is 4. The Morgan fingerprint density at radius 2 is 2.06 bits per heavy atom. The molecule has 0 saturated heterocycles. The molecule has 1 saturated carbocycles. The van der Waals surface area contributed by atoms with Crippen LogP contribution >= 0.6 is 34.8 Å². The molecule has 1 aliphatic rings. The number of carbonyl (C=O) groups is 1. The van der Waals surface area contributed by atoms with Crippen LogP contribution in [0.5, 0.6) is 0 Å². The molecule has 2 nitrogen and oxygen atoms in total. The van der Waals surface area contributed by atoms with Gasteiger partial charge in [0.15, 0.2) is 0 Å².